The van der Waals surface area contributed by atoms with Crippen LogP contribution < -0.4 is 10.6 Å². The van der Waals surface area contributed by atoms with E-state index in [-0.39, 0.29) is 28.6 Å². The van der Waals surface area contributed by atoms with Gasteiger partial charge in [-0.2, -0.15) is 0 Å². The quantitative estimate of drug-likeness (QED) is 0.608. The van der Waals surface area contributed by atoms with Crippen LogP contribution in [0.2, 0.25) is 0 Å². The van der Waals surface area contributed by atoms with Gasteiger partial charge in [-0.05, 0) is 37.2 Å². The maximum absolute atomic E-state index is 12.6. The molecule has 1 saturated carbocycles. The number of amides is 2. The zero-order valence-electron chi connectivity index (χ0n) is 16.5. The van der Waals surface area contributed by atoms with Crippen molar-refractivity contribution in [2.45, 2.75) is 65.5 Å². The van der Waals surface area contributed by atoms with Crippen molar-refractivity contribution >= 4 is 17.5 Å². The molecule has 1 aromatic carbocycles. The van der Waals surface area contributed by atoms with Gasteiger partial charge >= 0.3 is 0 Å². The smallest absolute Gasteiger partial charge is 0.270 e. The molecule has 0 aliphatic heterocycles. The van der Waals surface area contributed by atoms with Crippen LogP contribution in [0.1, 0.15) is 63.7 Å². The van der Waals surface area contributed by atoms with Crippen LogP contribution in [-0.2, 0) is 4.79 Å². The Labute approximate surface area is 160 Å². The first-order valence-electron chi connectivity index (χ1n) is 9.45. The number of nitrogens with zero attached hydrogens (tertiary/aromatic N) is 1. The molecule has 1 aliphatic carbocycles. The van der Waals surface area contributed by atoms with Crippen molar-refractivity contribution in [1.29, 1.82) is 0 Å². The average Bonchev–Trinajstić information content (AvgIpc) is 2.61. The third-order valence-electron chi connectivity index (χ3n) is 5.27. The molecule has 0 spiro atoms. The first kappa shape index (κ1) is 20.9. The Morgan fingerprint density at radius 2 is 1.89 bits per heavy atom. The van der Waals surface area contributed by atoms with Crippen LogP contribution in [0.4, 0.5) is 5.69 Å². The second-order valence-corrected chi connectivity index (χ2v) is 8.37. The molecule has 1 fully saturated rings. The number of benzene rings is 1. The zero-order chi connectivity index (χ0) is 20.2. The van der Waals surface area contributed by atoms with E-state index in [1.54, 1.807) is 6.92 Å². The molecular formula is C20H29N3O4. The van der Waals surface area contributed by atoms with Gasteiger partial charge in [-0.15, -0.1) is 0 Å². The zero-order valence-corrected chi connectivity index (χ0v) is 16.5. The van der Waals surface area contributed by atoms with Crippen molar-refractivity contribution in [3.8, 4) is 0 Å². The van der Waals surface area contributed by atoms with Crippen LogP contribution in [0, 0.1) is 21.4 Å². The first-order chi connectivity index (χ1) is 12.6. The van der Waals surface area contributed by atoms with Gasteiger partial charge in [0.2, 0.25) is 5.91 Å². The summed E-state index contributed by atoms with van der Waals surface area (Å²) in [6, 6.07) is 4.85. The Balaban J connectivity index is 1.99. The first-order valence-corrected chi connectivity index (χ1v) is 9.45. The summed E-state index contributed by atoms with van der Waals surface area (Å²) in [7, 11) is 0. The van der Waals surface area contributed by atoms with Crippen LogP contribution in [0.5, 0.6) is 0 Å². The van der Waals surface area contributed by atoms with E-state index in [0.717, 1.165) is 19.3 Å². The molecule has 0 bridgehead atoms. The highest BCUT2D eigenvalue weighted by atomic mass is 16.6. The molecule has 7 heteroatoms. The van der Waals surface area contributed by atoms with Gasteiger partial charge in [0.15, 0.2) is 0 Å². The molecule has 148 valence electrons. The van der Waals surface area contributed by atoms with E-state index >= 15 is 0 Å². The summed E-state index contributed by atoms with van der Waals surface area (Å²) >= 11 is 0. The van der Waals surface area contributed by atoms with E-state index in [4.69, 9.17) is 0 Å². The van der Waals surface area contributed by atoms with Gasteiger partial charge in [-0.3, -0.25) is 19.7 Å². The molecule has 7 nitrogen and oxygen atoms in total. The molecule has 0 heterocycles. The highest BCUT2D eigenvalue weighted by Gasteiger charge is 2.35. The van der Waals surface area contributed by atoms with Crippen molar-refractivity contribution in [3.05, 3.63) is 39.9 Å². The number of non-ortho nitro benzene ring substituents is 1. The Morgan fingerprint density at radius 1 is 1.22 bits per heavy atom. The molecule has 2 N–H and O–H groups in total. The fourth-order valence-electron chi connectivity index (χ4n) is 3.75. The van der Waals surface area contributed by atoms with Gasteiger partial charge < -0.3 is 10.6 Å². The van der Waals surface area contributed by atoms with Gasteiger partial charge in [-0.1, -0.05) is 39.7 Å². The van der Waals surface area contributed by atoms with Crippen LogP contribution in [0.15, 0.2) is 24.3 Å². The normalized spacial score (nSPS) is 21.2. The SMILES string of the molecule is CC(NC(=O)c1cccc([N+](=O)[O-])c1)C(=O)NC1CCCCC1C(C)(C)C. The van der Waals surface area contributed by atoms with E-state index in [9.17, 15) is 19.7 Å². The number of nitrogens with one attached hydrogen (secondary N) is 2. The number of nitro benzene ring substituents is 1. The van der Waals surface area contributed by atoms with E-state index < -0.39 is 16.9 Å². The molecular weight excluding hydrogens is 346 g/mol. The number of carbonyl (C=O) groups excluding carboxylic acids is 2. The van der Waals surface area contributed by atoms with Crippen LogP contribution in [-0.4, -0.2) is 28.8 Å². The van der Waals surface area contributed by atoms with Crippen LogP contribution in [0.3, 0.4) is 0 Å². The molecule has 2 amide bonds. The summed E-state index contributed by atoms with van der Waals surface area (Å²) in [5.41, 5.74) is 0.109. The number of hydrogen-bond acceptors (Lipinski definition) is 4. The lowest BCUT2D eigenvalue weighted by molar-refractivity contribution is -0.384. The highest BCUT2D eigenvalue weighted by Crippen LogP contribution is 2.38. The lowest BCUT2D eigenvalue weighted by Gasteiger charge is -2.41. The molecule has 1 aromatic rings. The summed E-state index contributed by atoms with van der Waals surface area (Å²) in [5, 5.41) is 16.6. The minimum atomic E-state index is -0.723. The predicted molar refractivity (Wildman–Crippen MR) is 103 cm³/mol. The molecule has 1 aliphatic rings. The summed E-state index contributed by atoms with van der Waals surface area (Å²) in [4.78, 5) is 35.2. The fraction of sp³-hybridized carbons (Fsp3) is 0.600. The Hall–Kier alpha value is -2.44. The lowest BCUT2D eigenvalue weighted by Crippen LogP contribution is -2.52. The Kier molecular flexibility index (Phi) is 6.57. The largest absolute Gasteiger partial charge is 0.351 e. The van der Waals surface area contributed by atoms with E-state index in [1.807, 2.05) is 0 Å². The average molecular weight is 375 g/mol. The minimum absolute atomic E-state index is 0.100. The maximum Gasteiger partial charge on any atom is 0.270 e. The molecule has 3 atom stereocenters. The summed E-state index contributed by atoms with van der Waals surface area (Å²) in [5.74, 6) is -0.331. The van der Waals surface area contributed by atoms with Crippen molar-refractivity contribution in [3.63, 3.8) is 0 Å². The maximum atomic E-state index is 12.6. The second kappa shape index (κ2) is 8.50. The summed E-state index contributed by atoms with van der Waals surface area (Å²) in [6.45, 7) is 8.19. The second-order valence-electron chi connectivity index (χ2n) is 8.37. The molecule has 3 unspecified atom stereocenters. The lowest BCUT2D eigenvalue weighted by atomic mass is 9.69. The molecule has 2 rings (SSSR count). The van der Waals surface area contributed by atoms with Gasteiger partial charge in [0, 0.05) is 23.7 Å². The Morgan fingerprint density at radius 3 is 2.52 bits per heavy atom. The summed E-state index contributed by atoms with van der Waals surface area (Å²) in [6.07, 6.45) is 4.29. The van der Waals surface area contributed by atoms with Crippen molar-refractivity contribution in [1.82, 2.24) is 10.6 Å². The standard InChI is InChI=1S/C20H29N3O4/c1-13(21-19(25)14-8-7-9-15(12-14)23(26)27)18(24)22-17-11-6-5-10-16(17)20(2,3)4/h7-9,12-13,16-17H,5-6,10-11H2,1-4H3,(H,21,25)(H,22,24). The van der Waals surface area contributed by atoms with E-state index in [1.165, 1.54) is 30.7 Å². The minimum Gasteiger partial charge on any atom is -0.351 e. The molecule has 0 aromatic heterocycles. The van der Waals surface area contributed by atoms with Gasteiger partial charge in [0.25, 0.3) is 11.6 Å². The third-order valence-corrected chi connectivity index (χ3v) is 5.27. The van der Waals surface area contributed by atoms with Crippen molar-refractivity contribution < 1.29 is 14.5 Å². The predicted octanol–water partition coefficient (Wildman–Crippen LogP) is 3.43. The number of nitro groups is 1. The molecule has 0 radical (unpaired) electrons. The van der Waals surface area contributed by atoms with Gasteiger partial charge in [0.05, 0.1) is 4.92 Å². The highest BCUT2D eigenvalue weighted by molar-refractivity contribution is 5.97. The van der Waals surface area contributed by atoms with E-state index in [0.29, 0.717) is 5.92 Å². The molecule has 27 heavy (non-hydrogen) atoms. The third kappa shape index (κ3) is 5.52. The fourth-order valence-corrected chi connectivity index (χ4v) is 3.75. The number of rotatable bonds is 5. The monoisotopic (exact) mass is 375 g/mol. The number of hydrogen-bond donors (Lipinski definition) is 2. The van der Waals surface area contributed by atoms with Gasteiger partial charge in [0.1, 0.15) is 6.04 Å². The van der Waals surface area contributed by atoms with Crippen LogP contribution >= 0.6 is 0 Å². The van der Waals surface area contributed by atoms with Gasteiger partial charge in [-0.25, -0.2) is 0 Å². The van der Waals surface area contributed by atoms with Crippen molar-refractivity contribution in [2.75, 3.05) is 0 Å². The topological polar surface area (TPSA) is 101 Å². The van der Waals surface area contributed by atoms with E-state index in [2.05, 4.69) is 31.4 Å². The Bertz CT molecular complexity index is 711. The number of carbonyl (C=O) groups is 2. The van der Waals surface area contributed by atoms with Crippen molar-refractivity contribution in [2.24, 2.45) is 11.3 Å². The summed E-state index contributed by atoms with van der Waals surface area (Å²) < 4.78 is 0. The molecule has 0 saturated heterocycles. The van der Waals surface area contributed by atoms with Crippen LogP contribution in [0.25, 0.3) is 0 Å².